The number of nitrogens with zero attached hydrogens (tertiary/aromatic N) is 2. The molecular formula is C13H17ClFN3O2. The number of carboxylic acid groups (broad SMARTS) is 1. The molecule has 2 unspecified atom stereocenters. The van der Waals surface area contributed by atoms with Crippen LogP contribution >= 0.6 is 11.6 Å². The Hall–Kier alpha value is -1.43. The predicted molar refractivity (Wildman–Crippen MR) is 73.2 cm³/mol. The summed E-state index contributed by atoms with van der Waals surface area (Å²) in [7, 11) is 0. The zero-order valence-electron chi connectivity index (χ0n) is 11.0. The zero-order chi connectivity index (χ0) is 14.5. The molecule has 2 N–H and O–H groups in total. The van der Waals surface area contributed by atoms with Gasteiger partial charge in [0.05, 0.1) is 6.20 Å². The highest BCUT2D eigenvalue weighted by Gasteiger charge is 2.24. The molecule has 20 heavy (non-hydrogen) atoms. The van der Waals surface area contributed by atoms with E-state index in [1.807, 2.05) is 0 Å². The van der Waals surface area contributed by atoms with Gasteiger partial charge in [-0.2, -0.15) is 4.98 Å². The lowest BCUT2D eigenvalue weighted by Gasteiger charge is -2.28. The minimum Gasteiger partial charge on any atom is -0.481 e. The molecule has 2 atom stereocenters. The average molecular weight is 302 g/mol. The van der Waals surface area contributed by atoms with Crippen molar-refractivity contribution in [1.29, 1.82) is 0 Å². The molecule has 1 aromatic rings. The summed E-state index contributed by atoms with van der Waals surface area (Å²) in [5.41, 5.74) is 0. The molecule has 2 rings (SSSR count). The monoisotopic (exact) mass is 301 g/mol. The quantitative estimate of drug-likeness (QED) is 0.818. The van der Waals surface area contributed by atoms with E-state index in [2.05, 4.69) is 15.3 Å². The van der Waals surface area contributed by atoms with Gasteiger partial charge in [-0.3, -0.25) is 4.79 Å². The molecule has 0 radical (unpaired) electrons. The highest BCUT2D eigenvalue weighted by atomic mass is 35.5. The summed E-state index contributed by atoms with van der Waals surface area (Å²) >= 11 is 5.62. The van der Waals surface area contributed by atoms with E-state index in [0.717, 1.165) is 31.9 Å². The highest BCUT2D eigenvalue weighted by molar-refractivity contribution is 6.28. The second kappa shape index (κ2) is 6.83. The molecule has 110 valence electrons. The molecular weight excluding hydrogens is 285 g/mol. The van der Waals surface area contributed by atoms with Crippen LogP contribution in [0.15, 0.2) is 6.20 Å². The number of hydrogen-bond acceptors (Lipinski definition) is 4. The predicted octanol–water partition coefficient (Wildman–Crippen LogP) is 2.96. The van der Waals surface area contributed by atoms with E-state index in [9.17, 15) is 9.18 Å². The third-order valence-corrected chi connectivity index (χ3v) is 3.81. The minimum absolute atomic E-state index is 0.00120. The fraction of sp³-hybridized carbons (Fsp3) is 0.615. The number of rotatable bonds is 5. The lowest BCUT2D eigenvalue weighted by molar-refractivity contribution is -0.138. The van der Waals surface area contributed by atoms with Crippen LogP contribution in [0.3, 0.4) is 0 Å². The maximum Gasteiger partial charge on any atom is 0.303 e. The van der Waals surface area contributed by atoms with E-state index in [4.69, 9.17) is 16.7 Å². The lowest BCUT2D eigenvalue weighted by Crippen LogP contribution is -2.24. The van der Waals surface area contributed by atoms with Crippen molar-refractivity contribution in [3.8, 4) is 0 Å². The second-order valence-electron chi connectivity index (χ2n) is 5.21. The van der Waals surface area contributed by atoms with Crippen molar-refractivity contribution < 1.29 is 14.3 Å². The summed E-state index contributed by atoms with van der Waals surface area (Å²) in [6.07, 6.45) is 5.08. The number of anilines is 1. The van der Waals surface area contributed by atoms with E-state index >= 15 is 0 Å². The van der Waals surface area contributed by atoms with Crippen LogP contribution in [-0.4, -0.2) is 27.6 Å². The first-order valence-electron chi connectivity index (χ1n) is 6.68. The van der Waals surface area contributed by atoms with Gasteiger partial charge in [0.15, 0.2) is 11.6 Å². The van der Waals surface area contributed by atoms with Crippen LogP contribution in [0.5, 0.6) is 0 Å². The van der Waals surface area contributed by atoms with Gasteiger partial charge in [-0.15, -0.1) is 0 Å². The number of carbonyl (C=O) groups is 1. The molecule has 7 heteroatoms. The molecule has 1 heterocycles. The number of nitrogens with one attached hydrogen (secondary N) is 1. The second-order valence-corrected chi connectivity index (χ2v) is 5.55. The van der Waals surface area contributed by atoms with E-state index < -0.39 is 11.8 Å². The SMILES string of the molecule is O=C(O)CC1CCCC(CNc2nc(Cl)ncc2F)C1. The van der Waals surface area contributed by atoms with E-state index in [1.165, 1.54) is 0 Å². The van der Waals surface area contributed by atoms with Gasteiger partial charge in [0, 0.05) is 13.0 Å². The van der Waals surface area contributed by atoms with Crippen molar-refractivity contribution in [3.63, 3.8) is 0 Å². The number of aliphatic carboxylic acids is 1. The van der Waals surface area contributed by atoms with E-state index in [1.54, 1.807) is 0 Å². The Kier molecular flexibility index (Phi) is 5.11. The summed E-state index contributed by atoms with van der Waals surface area (Å²) in [5, 5.41) is 11.8. The van der Waals surface area contributed by atoms with Crippen LogP contribution in [0.1, 0.15) is 32.1 Å². The maximum absolute atomic E-state index is 13.4. The normalized spacial score (nSPS) is 22.5. The molecule has 0 aromatic carbocycles. The molecule has 0 aliphatic heterocycles. The number of aromatic nitrogens is 2. The standard InChI is InChI=1S/C13H17ClFN3O2/c14-13-17-7-10(15)12(18-13)16-6-9-3-1-2-8(4-9)5-11(19)20/h7-9H,1-6H2,(H,19,20)(H,16,17,18). The fourth-order valence-electron chi connectivity index (χ4n) is 2.73. The molecule has 5 nitrogen and oxygen atoms in total. The highest BCUT2D eigenvalue weighted by Crippen LogP contribution is 2.31. The van der Waals surface area contributed by atoms with Crippen LogP contribution in [0.2, 0.25) is 5.28 Å². The van der Waals surface area contributed by atoms with E-state index in [0.29, 0.717) is 12.5 Å². The van der Waals surface area contributed by atoms with Gasteiger partial charge in [0.1, 0.15) is 0 Å². The largest absolute Gasteiger partial charge is 0.481 e. The Bertz CT molecular complexity index is 487. The fourth-order valence-corrected chi connectivity index (χ4v) is 2.86. The van der Waals surface area contributed by atoms with Gasteiger partial charge in [0.25, 0.3) is 0 Å². The van der Waals surface area contributed by atoms with Crippen LogP contribution < -0.4 is 5.32 Å². The zero-order valence-corrected chi connectivity index (χ0v) is 11.7. The Balaban J connectivity index is 1.87. The van der Waals surface area contributed by atoms with Crippen LogP contribution in [0, 0.1) is 17.7 Å². The summed E-state index contributed by atoms with van der Waals surface area (Å²) in [4.78, 5) is 18.1. The first-order chi connectivity index (χ1) is 9.54. The Morgan fingerprint density at radius 1 is 1.50 bits per heavy atom. The van der Waals surface area contributed by atoms with Crippen molar-refractivity contribution in [2.75, 3.05) is 11.9 Å². The van der Waals surface area contributed by atoms with E-state index in [-0.39, 0.29) is 23.4 Å². The van der Waals surface area contributed by atoms with Gasteiger partial charge in [-0.1, -0.05) is 6.42 Å². The van der Waals surface area contributed by atoms with Gasteiger partial charge in [-0.05, 0) is 42.7 Å². The van der Waals surface area contributed by atoms with Crippen molar-refractivity contribution in [2.24, 2.45) is 11.8 Å². The molecule has 0 amide bonds. The van der Waals surface area contributed by atoms with Gasteiger partial charge >= 0.3 is 5.97 Å². The third-order valence-electron chi connectivity index (χ3n) is 3.63. The molecule has 1 aromatic heterocycles. The molecule has 1 saturated carbocycles. The van der Waals surface area contributed by atoms with Crippen molar-refractivity contribution in [2.45, 2.75) is 32.1 Å². The first-order valence-corrected chi connectivity index (χ1v) is 7.06. The minimum atomic E-state index is -0.753. The summed E-state index contributed by atoms with van der Waals surface area (Å²) in [6.45, 7) is 0.570. The van der Waals surface area contributed by atoms with Gasteiger partial charge in [0.2, 0.25) is 5.28 Å². The smallest absolute Gasteiger partial charge is 0.303 e. The molecule has 1 aliphatic carbocycles. The Labute approximate surface area is 121 Å². The number of hydrogen-bond donors (Lipinski definition) is 2. The Morgan fingerprint density at radius 3 is 3.00 bits per heavy atom. The molecule has 0 spiro atoms. The third kappa shape index (κ3) is 4.30. The van der Waals surface area contributed by atoms with Crippen LogP contribution in [0.25, 0.3) is 0 Å². The van der Waals surface area contributed by atoms with Crippen LogP contribution in [0.4, 0.5) is 10.2 Å². The first kappa shape index (κ1) is 15.0. The topological polar surface area (TPSA) is 75.1 Å². The van der Waals surface area contributed by atoms with Crippen LogP contribution in [-0.2, 0) is 4.79 Å². The molecule has 1 fully saturated rings. The summed E-state index contributed by atoms with van der Waals surface area (Å²) < 4.78 is 13.4. The Morgan fingerprint density at radius 2 is 2.25 bits per heavy atom. The molecule has 0 bridgehead atoms. The summed E-state index contributed by atoms with van der Waals surface area (Å²) in [6, 6.07) is 0. The van der Waals surface area contributed by atoms with Crippen molar-refractivity contribution in [1.82, 2.24) is 9.97 Å². The average Bonchev–Trinajstić information content (AvgIpc) is 2.39. The molecule has 0 saturated heterocycles. The summed E-state index contributed by atoms with van der Waals surface area (Å²) in [5.74, 6) is -0.636. The maximum atomic E-state index is 13.4. The number of halogens is 2. The lowest BCUT2D eigenvalue weighted by atomic mass is 9.80. The van der Waals surface area contributed by atoms with Gasteiger partial charge in [-0.25, -0.2) is 9.37 Å². The van der Waals surface area contributed by atoms with Gasteiger partial charge < -0.3 is 10.4 Å². The van der Waals surface area contributed by atoms with Crippen molar-refractivity contribution >= 4 is 23.4 Å². The molecule has 1 aliphatic rings. The number of carboxylic acids is 1. The van der Waals surface area contributed by atoms with Crippen molar-refractivity contribution in [3.05, 3.63) is 17.3 Å².